The molecule has 172 valence electrons. The number of nitrogens with zero attached hydrogens (tertiary/aromatic N) is 3. The Labute approximate surface area is 193 Å². The molecular formula is C22H20FN3O5S2. The first-order chi connectivity index (χ1) is 15.6. The van der Waals surface area contributed by atoms with Crippen molar-refractivity contribution in [2.75, 3.05) is 20.0 Å². The summed E-state index contributed by atoms with van der Waals surface area (Å²) in [5.74, 6) is -0.296. The number of halogens is 1. The normalized spacial score (nSPS) is 18.0. The van der Waals surface area contributed by atoms with Gasteiger partial charge in [0, 0.05) is 23.1 Å². The van der Waals surface area contributed by atoms with Gasteiger partial charge in [0.05, 0.1) is 40.8 Å². The summed E-state index contributed by atoms with van der Waals surface area (Å²) in [4.78, 5) is 13.7. The maximum atomic E-state index is 14.9. The van der Waals surface area contributed by atoms with E-state index in [2.05, 4.69) is 9.97 Å². The molecule has 0 amide bonds. The van der Waals surface area contributed by atoms with Crippen LogP contribution in [-0.2, 0) is 14.3 Å². The molecule has 11 heteroatoms. The van der Waals surface area contributed by atoms with Crippen molar-refractivity contribution in [1.82, 2.24) is 15.0 Å². The van der Waals surface area contributed by atoms with Crippen molar-refractivity contribution in [3.8, 4) is 22.2 Å². The first-order valence-corrected chi connectivity index (χ1v) is 12.7. The lowest BCUT2D eigenvalue weighted by Crippen LogP contribution is -2.25. The summed E-state index contributed by atoms with van der Waals surface area (Å²) in [5, 5.41) is 0.675. The lowest BCUT2D eigenvalue weighted by Gasteiger charge is -2.14. The number of aryl methyl sites for hydroxylation is 1. The number of fused-ring (bicyclic) bond motifs is 4. The number of benzene rings is 2. The predicted molar refractivity (Wildman–Crippen MR) is 123 cm³/mol. The van der Waals surface area contributed by atoms with E-state index in [0.717, 1.165) is 22.1 Å². The van der Waals surface area contributed by atoms with Gasteiger partial charge in [0.1, 0.15) is 17.7 Å². The molecule has 33 heavy (non-hydrogen) atoms. The number of methoxy groups -OCH3 is 1. The van der Waals surface area contributed by atoms with E-state index in [9.17, 15) is 12.8 Å². The molecule has 0 spiro atoms. The molecule has 0 fully saturated rings. The summed E-state index contributed by atoms with van der Waals surface area (Å²) < 4.78 is 54.4. The van der Waals surface area contributed by atoms with Gasteiger partial charge in [0.2, 0.25) is 5.88 Å². The van der Waals surface area contributed by atoms with E-state index < -0.39 is 22.0 Å². The maximum absolute atomic E-state index is 14.9. The summed E-state index contributed by atoms with van der Waals surface area (Å²) in [5.41, 5.74) is 4.28. The number of aromatic nitrogens is 3. The highest BCUT2D eigenvalue weighted by Gasteiger charge is 2.37. The van der Waals surface area contributed by atoms with Crippen molar-refractivity contribution in [2.45, 2.75) is 25.9 Å². The van der Waals surface area contributed by atoms with Crippen LogP contribution >= 0.6 is 11.3 Å². The second-order valence-electron chi connectivity index (χ2n) is 7.99. The molecule has 0 unspecified atom stereocenters. The largest absolute Gasteiger partial charge is 0.484 e. The Kier molecular flexibility index (Phi) is 5.22. The van der Waals surface area contributed by atoms with E-state index >= 15 is 0 Å². The van der Waals surface area contributed by atoms with Crippen molar-refractivity contribution < 1.29 is 26.5 Å². The van der Waals surface area contributed by atoms with Crippen molar-refractivity contribution in [1.29, 1.82) is 0 Å². The summed E-state index contributed by atoms with van der Waals surface area (Å²) in [7, 11) is -2.11. The minimum atomic E-state index is -3.64. The van der Waals surface area contributed by atoms with E-state index in [4.69, 9.17) is 18.6 Å². The van der Waals surface area contributed by atoms with Gasteiger partial charge in [-0.2, -0.15) is 8.42 Å². The molecule has 0 bridgehead atoms. The average molecular weight is 490 g/mol. The molecule has 0 aliphatic carbocycles. The van der Waals surface area contributed by atoms with Gasteiger partial charge < -0.3 is 9.47 Å². The molecule has 3 heterocycles. The van der Waals surface area contributed by atoms with Gasteiger partial charge in [0.25, 0.3) is 10.1 Å². The third-order valence-corrected chi connectivity index (χ3v) is 7.26. The smallest absolute Gasteiger partial charge is 0.264 e. The van der Waals surface area contributed by atoms with Crippen molar-refractivity contribution in [3.05, 3.63) is 41.3 Å². The third-order valence-electron chi connectivity index (χ3n) is 5.56. The molecule has 5 rings (SSSR count). The highest BCUT2D eigenvalue weighted by Crippen LogP contribution is 2.47. The molecule has 2 atom stereocenters. The molecule has 8 nitrogen and oxygen atoms in total. The summed E-state index contributed by atoms with van der Waals surface area (Å²) in [6.07, 6.45) is 1.89. The number of ether oxygens (including phenoxy) is 2. The summed E-state index contributed by atoms with van der Waals surface area (Å²) >= 11 is 1.41. The number of hydrogen-bond acceptors (Lipinski definition) is 9. The summed E-state index contributed by atoms with van der Waals surface area (Å²) in [6.45, 7) is 3.62. The van der Waals surface area contributed by atoms with Crippen LogP contribution in [0.25, 0.3) is 31.8 Å². The zero-order valence-corrected chi connectivity index (χ0v) is 19.9. The Hall–Kier alpha value is -2.89. The second kappa shape index (κ2) is 7.86. The molecule has 0 N–H and O–H groups in total. The van der Waals surface area contributed by atoms with Gasteiger partial charge in [-0.05, 0) is 24.6 Å². The van der Waals surface area contributed by atoms with Crippen LogP contribution in [0.4, 0.5) is 4.39 Å². The van der Waals surface area contributed by atoms with Crippen LogP contribution in [0.2, 0.25) is 0 Å². The Morgan fingerprint density at radius 2 is 2.00 bits per heavy atom. The Morgan fingerprint density at radius 3 is 2.73 bits per heavy atom. The Bertz CT molecular complexity index is 1520. The molecular weight excluding hydrogens is 469 g/mol. The molecule has 1 aliphatic heterocycles. The second-order valence-corrected chi connectivity index (χ2v) is 10.6. The van der Waals surface area contributed by atoms with Gasteiger partial charge in [-0.3, -0.25) is 4.18 Å². The van der Waals surface area contributed by atoms with Gasteiger partial charge in [-0.1, -0.05) is 6.92 Å². The molecule has 0 saturated carbocycles. The van der Waals surface area contributed by atoms with E-state index in [1.54, 1.807) is 6.20 Å². The lowest BCUT2D eigenvalue weighted by atomic mass is 9.97. The van der Waals surface area contributed by atoms with Crippen LogP contribution in [0.15, 0.2) is 24.4 Å². The first kappa shape index (κ1) is 21.9. The number of rotatable bonds is 5. The molecule has 0 saturated heterocycles. The van der Waals surface area contributed by atoms with Gasteiger partial charge in [-0.25, -0.2) is 19.3 Å². The number of hydrogen-bond donors (Lipinski definition) is 0. The quantitative estimate of drug-likeness (QED) is 0.385. The Morgan fingerprint density at radius 1 is 1.21 bits per heavy atom. The van der Waals surface area contributed by atoms with Crippen LogP contribution in [0, 0.1) is 12.7 Å². The SMILES string of the molecule is COc1cnc2c(-c3nc4cc(F)c5c(c4s3)[C@H](C)[C@@H](COS(C)(=O)=O)O5)cc(C)cc2n1. The fourth-order valence-electron chi connectivity index (χ4n) is 4.01. The standard InChI is InChI=1S/C22H20FN3O5S2/c1-10-5-12(19-14(6-10)25-17(29-3)8-24-19)22-26-15-7-13(23)20-18(21(15)32-22)11(2)16(31-20)9-30-33(4,27)28/h5-8,11,16H,9H2,1-4H3/t11-,16-/m1/s1. The maximum Gasteiger partial charge on any atom is 0.264 e. The van der Waals surface area contributed by atoms with Crippen LogP contribution in [-0.4, -0.2) is 49.4 Å². The van der Waals surface area contributed by atoms with Crippen LogP contribution < -0.4 is 9.47 Å². The first-order valence-electron chi connectivity index (χ1n) is 10.1. The zero-order chi connectivity index (χ0) is 23.5. The fraction of sp³-hybridized carbons (Fsp3) is 0.318. The molecule has 2 aromatic carbocycles. The van der Waals surface area contributed by atoms with Crippen molar-refractivity contribution in [3.63, 3.8) is 0 Å². The molecule has 1 aliphatic rings. The van der Waals surface area contributed by atoms with E-state index in [-0.39, 0.29) is 18.3 Å². The zero-order valence-electron chi connectivity index (χ0n) is 18.2. The molecule has 0 radical (unpaired) electrons. The van der Waals surface area contributed by atoms with E-state index in [1.807, 2.05) is 26.0 Å². The predicted octanol–water partition coefficient (Wildman–Crippen LogP) is 4.20. The fourth-order valence-corrected chi connectivity index (χ4v) is 5.59. The summed E-state index contributed by atoms with van der Waals surface area (Å²) in [6, 6.07) is 5.23. The lowest BCUT2D eigenvalue weighted by molar-refractivity contribution is 0.134. The van der Waals surface area contributed by atoms with Crippen molar-refractivity contribution in [2.24, 2.45) is 0 Å². The minimum absolute atomic E-state index is 0.117. The molecule has 4 aromatic rings. The van der Waals surface area contributed by atoms with Gasteiger partial charge >= 0.3 is 0 Å². The monoisotopic (exact) mass is 489 g/mol. The van der Waals surface area contributed by atoms with Gasteiger partial charge in [0.15, 0.2) is 11.6 Å². The third kappa shape index (κ3) is 3.90. The molecule has 2 aromatic heterocycles. The van der Waals surface area contributed by atoms with E-state index in [0.29, 0.717) is 33.0 Å². The highest BCUT2D eigenvalue weighted by molar-refractivity contribution is 7.85. The van der Waals surface area contributed by atoms with Crippen LogP contribution in [0.5, 0.6) is 11.6 Å². The Balaban J connectivity index is 1.63. The average Bonchev–Trinajstić information content (AvgIpc) is 3.32. The van der Waals surface area contributed by atoms with Gasteiger partial charge in [-0.15, -0.1) is 11.3 Å². The minimum Gasteiger partial charge on any atom is -0.484 e. The topological polar surface area (TPSA) is 101 Å². The van der Waals surface area contributed by atoms with Crippen molar-refractivity contribution >= 4 is 42.7 Å². The van der Waals surface area contributed by atoms with E-state index in [1.165, 1.54) is 24.5 Å². The van der Waals surface area contributed by atoms with Crippen LogP contribution in [0.3, 0.4) is 0 Å². The van der Waals surface area contributed by atoms with Crippen LogP contribution in [0.1, 0.15) is 24.0 Å². The highest BCUT2D eigenvalue weighted by atomic mass is 32.2. The number of thiazole rings is 1.